The number of furan rings is 1. The highest BCUT2D eigenvalue weighted by atomic mass is 19.1. The lowest BCUT2D eigenvalue weighted by Gasteiger charge is -2.12. The Kier molecular flexibility index (Phi) is 5.56. The fourth-order valence-electron chi connectivity index (χ4n) is 2.81. The first kappa shape index (κ1) is 18.0. The standard InChI is InChI=1S/C21H22FNO3/c1-14(2)26-20-13-16(12-19-18(20)8-10-25-19)21(24)23-9-4-6-15-5-3-7-17(22)11-15/h3,5,7-8,10-14H,4,6,9H2,1-2H3,(H,23,24). The molecule has 0 unspecified atom stereocenters. The zero-order valence-electron chi connectivity index (χ0n) is 14.9. The number of amides is 1. The number of carbonyl (C=O) groups is 1. The van der Waals surface area contributed by atoms with Gasteiger partial charge in [0.1, 0.15) is 17.1 Å². The van der Waals surface area contributed by atoms with Crippen LogP contribution in [0.1, 0.15) is 36.2 Å². The zero-order chi connectivity index (χ0) is 18.5. The van der Waals surface area contributed by atoms with E-state index in [1.807, 2.05) is 26.0 Å². The zero-order valence-corrected chi connectivity index (χ0v) is 14.9. The van der Waals surface area contributed by atoms with Gasteiger partial charge >= 0.3 is 0 Å². The molecule has 0 aliphatic heterocycles. The molecular weight excluding hydrogens is 333 g/mol. The van der Waals surface area contributed by atoms with Crippen molar-refractivity contribution >= 4 is 16.9 Å². The van der Waals surface area contributed by atoms with Crippen molar-refractivity contribution in [2.24, 2.45) is 0 Å². The second kappa shape index (κ2) is 8.04. The van der Waals surface area contributed by atoms with E-state index in [-0.39, 0.29) is 17.8 Å². The molecule has 0 bridgehead atoms. The highest BCUT2D eigenvalue weighted by Crippen LogP contribution is 2.29. The summed E-state index contributed by atoms with van der Waals surface area (Å²) in [4.78, 5) is 12.4. The Bertz CT molecular complexity index is 901. The molecule has 0 aliphatic rings. The van der Waals surface area contributed by atoms with Crippen molar-refractivity contribution in [2.75, 3.05) is 6.54 Å². The monoisotopic (exact) mass is 355 g/mol. The number of rotatable bonds is 7. The van der Waals surface area contributed by atoms with Gasteiger partial charge in [-0.3, -0.25) is 4.79 Å². The minimum absolute atomic E-state index is 0.00215. The average Bonchev–Trinajstić information content (AvgIpc) is 3.07. The molecule has 3 rings (SSSR count). The van der Waals surface area contributed by atoms with Crippen molar-refractivity contribution in [2.45, 2.75) is 32.8 Å². The van der Waals surface area contributed by atoms with Crippen molar-refractivity contribution in [3.05, 3.63) is 65.7 Å². The number of nitrogens with one attached hydrogen (secondary N) is 1. The molecule has 1 amide bonds. The van der Waals surface area contributed by atoms with Gasteiger partial charge in [-0.05, 0) is 62.6 Å². The lowest BCUT2D eigenvalue weighted by molar-refractivity contribution is 0.0952. The van der Waals surface area contributed by atoms with Crippen LogP contribution in [0.5, 0.6) is 5.75 Å². The molecule has 2 aromatic carbocycles. The molecule has 0 fully saturated rings. The van der Waals surface area contributed by atoms with Gasteiger partial charge in [0.25, 0.3) is 5.91 Å². The normalized spacial score (nSPS) is 11.1. The Balaban J connectivity index is 1.62. The third-order valence-corrected chi connectivity index (χ3v) is 3.98. The first-order chi connectivity index (χ1) is 12.5. The lowest BCUT2D eigenvalue weighted by atomic mass is 10.1. The van der Waals surface area contributed by atoms with Crippen LogP contribution >= 0.6 is 0 Å². The van der Waals surface area contributed by atoms with Crippen LogP contribution in [-0.2, 0) is 6.42 Å². The molecule has 4 nitrogen and oxygen atoms in total. The number of halogens is 1. The predicted molar refractivity (Wildman–Crippen MR) is 99.0 cm³/mol. The summed E-state index contributed by atoms with van der Waals surface area (Å²) in [5.41, 5.74) is 2.03. The van der Waals surface area contributed by atoms with E-state index in [1.54, 1.807) is 24.5 Å². The summed E-state index contributed by atoms with van der Waals surface area (Å²) in [5, 5.41) is 3.74. The fourth-order valence-corrected chi connectivity index (χ4v) is 2.81. The van der Waals surface area contributed by atoms with Crippen molar-refractivity contribution in [3.8, 4) is 5.75 Å². The quantitative estimate of drug-likeness (QED) is 0.624. The van der Waals surface area contributed by atoms with Crippen LogP contribution < -0.4 is 10.1 Å². The van der Waals surface area contributed by atoms with E-state index in [0.29, 0.717) is 29.9 Å². The molecule has 1 heterocycles. The van der Waals surface area contributed by atoms with E-state index in [9.17, 15) is 9.18 Å². The second-order valence-corrected chi connectivity index (χ2v) is 6.46. The Morgan fingerprint density at radius 1 is 1.23 bits per heavy atom. The van der Waals surface area contributed by atoms with E-state index < -0.39 is 0 Å². The van der Waals surface area contributed by atoms with Crippen molar-refractivity contribution in [1.29, 1.82) is 0 Å². The highest BCUT2D eigenvalue weighted by Gasteiger charge is 2.13. The molecule has 26 heavy (non-hydrogen) atoms. The Morgan fingerprint density at radius 3 is 2.85 bits per heavy atom. The smallest absolute Gasteiger partial charge is 0.251 e. The van der Waals surface area contributed by atoms with Crippen LogP contribution in [0.3, 0.4) is 0 Å². The summed E-state index contributed by atoms with van der Waals surface area (Å²) in [7, 11) is 0. The van der Waals surface area contributed by atoms with Crippen LogP contribution in [0.2, 0.25) is 0 Å². The predicted octanol–water partition coefficient (Wildman–Crippen LogP) is 4.72. The number of hydrogen-bond donors (Lipinski definition) is 1. The summed E-state index contributed by atoms with van der Waals surface area (Å²) < 4.78 is 24.4. The molecule has 3 aromatic rings. The second-order valence-electron chi connectivity index (χ2n) is 6.46. The maximum absolute atomic E-state index is 13.2. The average molecular weight is 355 g/mol. The molecule has 0 radical (unpaired) electrons. The van der Waals surface area contributed by atoms with Crippen LogP contribution in [0.15, 0.2) is 53.1 Å². The maximum Gasteiger partial charge on any atom is 0.251 e. The first-order valence-corrected chi connectivity index (χ1v) is 8.73. The van der Waals surface area contributed by atoms with Gasteiger partial charge < -0.3 is 14.5 Å². The topological polar surface area (TPSA) is 51.5 Å². The third kappa shape index (κ3) is 4.42. The largest absolute Gasteiger partial charge is 0.490 e. The van der Waals surface area contributed by atoms with Gasteiger partial charge in [0.15, 0.2) is 0 Å². The molecule has 0 atom stereocenters. The van der Waals surface area contributed by atoms with E-state index in [4.69, 9.17) is 9.15 Å². The molecule has 5 heteroatoms. The van der Waals surface area contributed by atoms with Gasteiger partial charge in [-0.25, -0.2) is 4.39 Å². The summed E-state index contributed by atoms with van der Waals surface area (Å²) in [6.07, 6.45) is 3.01. The minimum atomic E-state index is -0.240. The van der Waals surface area contributed by atoms with Crippen LogP contribution in [0.4, 0.5) is 4.39 Å². The van der Waals surface area contributed by atoms with E-state index in [2.05, 4.69) is 5.32 Å². The van der Waals surface area contributed by atoms with Gasteiger partial charge in [-0.1, -0.05) is 12.1 Å². The molecule has 0 spiro atoms. The lowest BCUT2D eigenvalue weighted by Crippen LogP contribution is -2.24. The number of aryl methyl sites for hydroxylation is 1. The number of carbonyl (C=O) groups excluding carboxylic acids is 1. The summed E-state index contributed by atoms with van der Waals surface area (Å²) in [5.74, 6) is 0.211. The van der Waals surface area contributed by atoms with Crippen molar-refractivity contribution < 1.29 is 18.3 Å². The van der Waals surface area contributed by atoms with Gasteiger partial charge in [0.05, 0.1) is 17.8 Å². The Labute approximate surface area is 152 Å². The van der Waals surface area contributed by atoms with Crippen LogP contribution in [0, 0.1) is 5.82 Å². The SMILES string of the molecule is CC(C)Oc1cc(C(=O)NCCCc2cccc(F)c2)cc2occc12. The first-order valence-electron chi connectivity index (χ1n) is 8.73. The Hall–Kier alpha value is -2.82. The number of ether oxygens (including phenoxy) is 1. The highest BCUT2D eigenvalue weighted by molar-refractivity contribution is 5.99. The number of fused-ring (bicyclic) bond motifs is 1. The molecule has 0 saturated carbocycles. The van der Waals surface area contributed by atoms with Crippen molar-refractivity contribution in [3.63, 3.8) is 0 Å². The molecule has 0 saturated heterocycles. The molecule has 1 N–H and O–H groups in total. The van der Waals surface area contributed by atoms with E-state index in [0.717, 1.165) is 17.4 Å². The number of hydrogen-bond acceptors (Lipinski definition) is 3. The maximum atomic E-state index is 13.2. The van der Waals surface area contributed by atoms with Gasteiger partial charge in [-0.15, -0.1) is 0 Å². The summed E-state index contributed by atoms with van der Waals surface area (Å²) in [6.45, 7) is 4.38. The molecular formula is C21H22FNO3. The fraction of sp³-hybridized carbons (Fsp3) is 0.286. The molecule has 1 aromatic heterocycles. The van der Waals surface area contributed by atoms with E-state index >= 15 is 0 Å². The summed E-state index contributed by atoms with van der Waals surface area (Å²) in [6, 6.07) is 11.8. The van der Waals surface area contributed by atoms with Gasteiger partial charge in [0, 0.05) is 12.1 Å². The van der Waals surface area contributed by atoms with Gasteiger partial charge in [0.2, 0.25) is 0 Å². The Morgan fingerprint density at radius 2 is 2.08 bits per heavy atom. The van der Waals surface area contributed by atoms with Crippen molar-refractivity contribution in [1.82, 2.24) is 5.32 Å². The number of benzene rings is 2. The third-order valence-electron chi connectivity index (χ3n) is 3.98. The summed E-state index contributed by atoms with van der Waals surface area (Å²) >= 11 is 0. The minimum Gasteiger partial charge on any atom is -0.490 e. The van der Waals surface area contributed by atoms with E-state index in [1.165, 1.54) is 12.1 Å². The van der Waals surface area contributed by atoms with Gasteiger partial charge in [-0.2, -0.15) is 0 Å². The van der Waals surface area contributed by atoms with Crippen LogP contribution in [-0.4, -0.2) is 18.6 Å². The molecule has 136 valence electrons. The molecule has 0 aliphatic carbocycles. The van der Waals surface area contributed by atoms with Crippen LogP contribution in [0.25, 0.3) is 11.0 Å².